The molecule has 1 saturated heterocycles. The highest BCUT2D eigenvalue weighted by Crippen LogP contribution is 2.33. The molecule has 21 heavy (non-hydrogen) atoms. The lowest BCUT2D eigenvalue weighted by Crippen LogP contribution is -2.31. The summed E-state index contributed by atoms with van der Waals surface area (Å²) in [6, 6.07) is 1.18. The van der Waals surface area contributed by atoms with Gasteiger partial charge in [-0.05, 0) is 26.4 Å². The van der Waals surface area contributed by atoms with Gasteiger partial charge in [-0.2, -0.15) is 0 Å². The number of nitrogens with one attached hydrogen (secondary N) is 1. The summed E-state index contributed by atoms with van der Waals surface area (Å²) in [7, 11) is 4.35. The van der Waals surface area contributed by atoms with Gasteiger partial charge in [0, 0.05) is 36.6 Å². The van der Waals surface area contributed by atoms with E-state index in [1.807, 2.05) is 11.3 Å². The molecule has 1 aromatic rings. The summed E-state index contributed by atoms with van der Waals surface area (Å²) in [6.45, 7) is 12.0. The lowest BCUT2D eigenvalue weighted by atomic mass is 10.1. The van der Waals surface area contributed by atoms with Gasteiger partial charge in [0.15, 0.2) is 5.13 Å². The first-order valence-electron chi connectivity index (χ1n) is 8.02. The van der Waals surface area contributed by atoms with Gasteiger partial charge in [-0.15, -0.1) is 11.3 Å². The van der Waals surface area contributed by atoms with E-state index >= 15 is 0 Å². The van der Waals surface area contributed by atoms with E-state index in [-0.39, 0.29) is 0 Å². The van der Waals surface area contributed by atoms with Gasteiger partial charge in [-0.1, -0.05) is 27.7 Å². The molecular weight excluding hydrogens is 280 g/mol. The van der Waals surface area contributed by atoms with Crippen molar-refractivity contribution in [1.29, 1.82) is 0 Å². The molecule has 1 aromatic heterocycles. The largest absolute Gasteiger partial charge is 0.346 e. The van der Waals surface area contributed by atoms with E-state index in [0.717, 1.165) is 19.6 Å². The topological polar surface area (TPSA) is 31.4 Å². The highest BCUT2D eigenvalue weighted by molar-refractivity contribution is 7.15. The van der Waals surface area contributed by atoms with Crippen LogP contribution in [0.5, 0.6) is 0 Å². The molecule has 0 aromatic carbocycles. The summed E-state index contributed by atoms with van der Waals surface area (Å²) in [6.07, 6.45) is 1.24. The van der Waals surface area contributed by atoms with E-state index in [2.05, 4.69) is 56.9 Å². The number of likely N-dealkylation sites (N-methyl/N-ethyl adjacent to an activating group) is 1. The second-order valence-corrected chi connectivity index (χ2v) is 7.91. The molecule has 1 aliphatic rings. The second-order valence-electron chi connectivity index (χ2n) is 6.85. The minimum atomic E-state index is 0.492. The summed E-state index contributed by atoms with van der Waals surface area (Å²) in [5, 5.41) is 4.74. The fourth-order valence-electron chi connectivity index (χ4n) is 2.70. The Labute approximate surface area is 133 Å². The SMILES string of the molecule is CC(C)NCc1sc(N2CCC(N(C)C)C2)nc1C(C)C. The standard InChI is InChI=1S/C16H30N4S/c1-11(2)15-14(9-17-12(3)4)21-16(18-15)20-8-7-13(10-20)19(5)6/h11-13,17H,7-10H2,1-6H3. The molecule has 1 fully saturated rings. The van der Waals surface area contributed by atoms with Gasteiger partial charge in [0.25, 0.3) is 0 Å². The second kappa shape index (κ2) is 7.07. The normalized spacial score (nSPS) is 19.5. The van der Waals surface area contributed by atoms with Gasteiger partial charge in [0.1, 0.15) is 0 Å². The number of aromatic nitrogens is 1. The monoisotopic (exact) mass is 310 g/mol. The Kier molecular flexibility index (Phi) is 5.63. The molecule has 0 aliphatic carbocycles. The summed E-state index contributed by atoms with van der Waals surface area (Å²) < 4.78 is 0. The minimum absolute atomic E-state index is 0.492. The number of hydrogen-bond acceptors (Lipinski definition) is 5. The quantitative estimate of drug-likeness (QED) is 0.875. The van der Waals surface area contributed by atoms with Gasteiger partial charge in [0.05, 0.1) is 5.69 Å². The van der Waals surface area contributed by atoms with Gasteiger partial charge < -0.3 is 15.1 Å². The molecule has 1 aliphatic heterocycles. The summed E-state index contributed by atoms with van der Waals surface area (Å²) >= 11 is 1.87. The lowest BCUT2D eigenvalue weighted by Gasteiger charge is -2.19. The zero-order chi connectivity index (χ0) is 15.6. The van der Waals surface area contributed by atoms with Gasteiger partial charge in [0.2, 0.25) is 0 Å². The molecule has 2 heterocycles. The minimum Gasteiger partial charge on any atom is -0.346 e. The van der Waals surface area contributed by atoms with E-state index in [0.29, 0.717) is 18.0 Å². The zero-order valence-corrected chi connectivity index (χ0v) is 15.1. The van der Waals surface area contributed by atoms with E-state index in [9.17, 15) is 0 Å². The molecule has 120 valence electrons. The van der Waals surface area contributed by atoms with Gasteiger partial charge in [-0.25, -0.2) is 4.98 Å². The third-order valence-electron chi connectivity index (χ3n) is 4.10. The van der Waals surface area contributed by atoms with Crippen LogP contribution in [0.2, 0.25) is 0 Å². The van der Waals surface area contributed by atoms with Crippen molar-refractivity contribution in [2.45, 2.75) is 58.7 Å². The Bertz CT molecular complexity index is 453. The average molecular weight is 311 g/mol. The number of anilines is 1. The maximum absolute atomic E-state index is 4.95. The molecule has 0 radical (unpaired) electrons. The van der Waals surface area contributed by atoms with Gasteiger partial charge in [-0.3, -0.25) is 0 Å². The first-order valence-corrected chi connectivity index (χ1v) is 8.84. The molecule has 1 unspecified atom stereocenters. The molecule has 0 spiro atoms. The highest BCUT2D eigenvalue weighted by atomic mass is 32.1. The predicted octanol–water partition coefficient (Wildman–Crippen LogP) is 2.90. The van der Waals surface area contributed by atoms with Crippen LogP contribution in [0.3, 0.4) is 0 Å². The highest BCUT2D eigenvalue weighted by Gasteiger charge is 2.27. The van der Waals surface area contributed by atoms with Crippen molar-refractivity contribution in [3.63, 3.8) is 0 Å². The molecule has 0 bridgehead atoms. The third-order valence-corrected chi connectivity index (χ3v) is 5.23. The van der Waals surface area contributed by atoms with Crippen molar-refractivity contribution in [2.75, 3.05) is 32.1 Å². The fourth-order valence-corrected chi connectivity index (χ4v) is 3.90. The number of thiazole rings is 1. The van der Waals surface area contributed by atoms with E-state index < -0.39 is 0 Å². The van der Waals surface area contributed by atoms with Crippen LogP contribution in [0.25, 0.3) is 0 Å². The molecule has 0 saturated carbocycles. The smallest absolute Gasteiger partial charge is 0.185 e. The first-order chi connectivity index (χ1) is 9.88. The van der Waals surface area contributed by atoms with Crippen LogP contribution in [-0.4, -0.2) is 49.2 Å². The average Bonchev–Trinajstić information content (AvgIpc) is 3.02. The molecule has 2 rings (SSSR count). The maximum atomic E-state index is 4.95. The fraction of sp³-hybridized carbons (Fsp3) is 0.812. The zero-order valence-electron chi connectivity index (χ0n) is 14.3. The van der Waals surface area contributed by atoms with Crippen LogP contribution < -0.4 is 10.2 Å². The molecular formula is C16H30N4S. The van der Waals surface area contributed by atoms with Crippen LogP contribution in [-0.2, 0) is 6.54 Å². The number of rotatable bonds is 6. The third kappa shape index (κ3) is 4.18. The Morgan fingerprint density at radius 3 is 2.57 bits per heavy atom. The maximum Gasteiger partial charge on any atom is 0.185 e. The van der Waals surface area contributed by atoms with Crippen LogP contribution >= 0.6 is 11.3 Å². The van der Waals surface area contributed by atoms with E-state index in [1.165, 1.54) is 22.1 Å². The van der Waals surface area contributed by atoms with Crippen LogP contribution in [0.1, 0.15) is 50.6 Å². The van der Waals surface area contributed by atoms with Crippen molar-refractivity contribution < 1.29 is 0 Å². The van der Waals surface area contributed by atoms with Crippen LogP contribution in [0.4, 0.5) is 5.13 Å². The molecule has 1 atom stereocenters. The Balaban J connectivity index is 2.12. The van der Waals surface area contributed by atoms with Crippen molar-refractivity contribution in [2.24, 2.45) is 0 Å². The Morgan fingerprint density at radius 2 is 2.05 bits per heavy atom. The van der Waals surface area contributed by atoms with Crippen molar-refractivity contribution in [3.05, 3.63) is 10.6 Å². The van der Waals surface area contributed by atoms with Crippen LogP contribution in [0, 0.1) is 0 Å². The summed E-state index contributed by atoms with van der Waals surface area (Å²) in [4.78, 5) is 11.1. The van der Waals surface area contributed by atoms with Crippen LogP contribution in [0.15, 0.2) is 0 Å². The summed E-state index contributed by atoms with van der Waals surface area (Å²) in [5.74, 6) is 0.492. The number of nitrogens with zero attached hydrogens (tertiary/aromatic N) is 3. The van der Waals surface area contributed by atoms with Gasteiger partial charge >= 0.3 is 0 Å². The molecule has 5 heteroatoms. The Morgan fingerprint density at radius 1 is 1.33 bits per heavy atom. The van der Waals surface area contributed by atoms with E-state index in [4.69, 9.17) is 4.98 Å². The lowest BCUT2D eigenvalue weighted by molar-refractivity contribution is 0.315. The number of hydrogen-bond donors (Lipinski definition) is 1. The Hall–Kier alpha value is -0.650. The van der Waals surface area contributed by atoms with Crippen molar-refractivity contribution in [1.82, 2.24) is 15.2 Å². The van der Waals surface area contributed by atoms with E-state index in [1.54, 1.807) is 0 Å². The summed E-state index contributed by atoms with van der Waals surface area (Å²) in [5.41, 5.74) is 1.27. The predicted molar refractivity (Wildman–Crippen MR) is 92.5 cm³/mol. The van der Waals surface area contributed by atoms with Crippen molar-refractivity contribution >= 4 is 16.5 Å². The van der Waals surface area contributed by atoms with Crippen molar-refractivity contribution in [3.8, 4) is 0 Å². The first kappa shape index (κ1) is 16.7. The molecule has 4 nitrogen and oxygen atoms in total. The molecule has 1 N–H and O–H groups in total. The molecule has 0 amide bonds.